The first kappa shape index (κ1) is 14.1. The molecule has 0 aromatic carbocycles. The van der Waals surface area contributed by atoms with Gasteiger partial charge in [-0.25, -0.2) is 4.79 Å². The van der Waals surface area contributed by atoms with Crippen LogP contribution in [0.15, 0.2) is 12.2 Å². The number of hydrogen-bond donors (Lipinski definition) is 1. The number of amides is 4. The minimum absolute atomic E-state index is 0.0599. The molecule has 0 radical (unpaired) electrons. The Labute approximate surface area is 124 Å². The van der Waals surface area contributed by atoms with Gasteiger partial charge in [-0.1, -0.05) is 12.2 Å². The van der Waals surface area contributed by atoms with Crippen molar-refractivity contribution in [2.24, 2.45) is 5.92 Å². The number of carbonyl (C=O) groups is 3. The predicted molar refractivity (Wildman–Crippen MR) is 76.3 cm³/mol. The second kappa shape index (κ2) is 5.87. The van der Waals surface area contributed by atoms with Crippen molar-refractivity contribution in [2.45, 2.75) is 38.1 Å². The molecule has 2 heterocycles. The van der Waals surface area contributed by atoms with Crippen LogP contribution in [-0.4, -0.2) is 53.3 Å². The molecule has 3 rings (SSSR count). The van der Waals surface area contributed by atoms with Gasteiger partial charge in [-0.2, -0.15) is 0 Å². The molecular formula is C15H21N3O3. The molecule has 2 aliphatic heterocycles. The second-order valence-electron chi connectivity index (χ2n) is 5.96. The summed E-state index contributed by atoms with van der Waals surface area (Å²) in [6.45, 7) is 1.38. The van der Waals surface area contributed by atoms with Crippen LogP contribution in [-0.2, 0) is 9.59 Å². The van der Waals surface area contributed by atoms with E-state index in [0.29, 0.717) is 25.9 Å². The van der Waals surface area contributed by atoms with Gasteiger partial charge in [-0.15, -0.1) is 0 Å². The van der Waals surface area contributed by atoms with E-state index in [1.54, 1.807) is 0 Å². The van der Waals surface area contributed by atoms with Gasteiger partial charge in [0.1, 0.15) is 0 Å². The Bertz CT molecular complexity index is 465. The number of nitrogens with one attached hydrogen (secondary N) is 1. The highest BCUT2D eigenvalue weighted by atomic mass is 16.2. The van der Waals surface area contributed by atoms with E-state index in [2.05, 4.69) is 17.5 Å². The van der Waals surface area contributed by atoms with Crippen LogP contribution in [0, 0.1) is 5.92 Å². The molecule has 2 saturated heterocycles. The van der Waals surface area contributed by atoms with Gasteiger partial charge in [-0.05, 0) is 32.1 Å². The van der Waals surface area contributed by atoms with Crippen molar-refractivity contribution in [1.29, 1.82) is 0 Å². The molecule has 6 heteroatoms. The van der Waals surface area contributed by atoms with E-state index >= 15 is 0 Å². The minimum atomic E-state index is -0.290. The van der Waals surface area contributed by atoms with Crippen molar-refractivity contribution >= 4 is 17.8 Å². The standard InChI is InChI=1S/C15H21N3O3/c19-13-10-16-15(21)18(13)12-6-8-17(9-7-12)14(20)11-4-2-1-3-5-11/h1-2,11-12H,3-10H2,(H,16,21). The molecule has 1 aliphatic carbocycles. The first-order chi connectivity index (χ1) is 10.2. The van der Waals surface area contributed by atoms with Crippen molar-refractivity contribution in [3.63, 3.8) is 0 Å². The lowest BCUT2D eigenvalue weighted by atomic mass is 9.92. The van der Waals surface area contributed by atoms with Gasteiger partial charge in [0.2, 0.25) is 11.8 Å². The number of hydrogen-bond acceptors (Lipinski definition) is 3. The smallest absolute Gasteiger partial charge is 0.324 e. The van der Waals surface area contributed by atoms with Crippen LogP contribution in [0.5, 0.6) is 0 Å². The topological polar surface area (TPSA) is 69.7 Å². The number of nitrogens with zero attached hydrogens (tertiary/aromatic N) is 2. The summed E-state index contributed by atoms with van der Waals surface area (Å²) in [4.78, 5) is 39.0. The fraction of sp³-hybridized carbons (Fsp3) is 0.667. The summed E-state index contributed by atoms with van der Waals surface area (Å²) in [7, 11) is 0. The Morgan fingerprint density at radius 1 is 1.14 bits per heavy atom. The summed E-state index contributed by atoms with van der Waals surface area (Å²) in [5.74, 6) is 0.195. The number of rotatable bonds is 2. The van der Waals surface area contributed by atoms with E-state index in [9.17, 15) is 14.4 Å². The molecular weight excluding hydrogens is 270 g/mol. The van der Waals surface area contributed by atoms with Gasteiger partial charge in [-0.3, -0.25) is 14.5 Å². The van der Waals surface area contributed by atoms with Crippen LogP contribution < -0.4 is 5.32 Å². The van der Waals surface area contributed by atoms with Crippen molar-refractivity contribution < 1.29 is 14.4 Å². The van der Waals surface area contributed by atoms with Gasteiger partial charge >= 0.3 is 6.03 Å². The Hall–Kier alpha value is -1.85. The van der Waals surface area contributed by atoms with Crippen molar-refractivity contribution in [2.75, 3.05) is 19.6 Å². The molecule has 1 unspecified atom stereocenters. The molecule has 0 spiro atoms. The SMILES string of the molecule is O=C(C1CC=CCC1)N1CCC(N2C(=O)CNC2=O)CC1. The minimum Gasteiger partial charge on any atom is -0.342 e. The molecule has 4 amide bonds. The molecule has 0 aromatic rings. The fourth-order valence-corrected chi connectivity index (χ4v) is 3.42. The number of likely N-dealkylation sites (tertiary alicyclic amines) is 1. The van der Waals surface area contributed by atoms with E-state index in [-0.39, 0.29) is 36.3 Å². The summed E-state index contributed by atoms with van der Waals surface area (Å²) in [5, 5.41) is 2.55. The lowest BCUT2D eigenvalue weighted by Crippen LogP contribution is -2.50. The third-order valence-electron chi connectivity index (χ3n) is 4.64. The van der Waals surface area contributed by atoms with Crippen LogP contribution in [0.3, 0.4) is 0 Å². The van der Waals surface area contributed by atoms with Crippen LogP contribution in [0.25, 0.3) is 0 Å². The third kappa shape index (κ3) is 2.80. The summed E-state index contributed by atoms with van der Waals surface area (Å²) in [6, 6.07) is -0.350. The normalized spacial score (nSPS) is 27.1. The molecule has 1 atom stereocenters. The maximum absolute atomic E-state index is 12.4. The highest BCUT2D eigenvalue weighted by Gasteiger charge is 2.37. The molecule has 3 aliphatic rings. The first-order valence-corrected chi connectivity index (χ1v) is 7.70. The number of allylic oxidation sites excluding steroid dienone is 2. The number of carbonyl (C=O) groups excluding carboxylic acids is 3. The highest BCUT2D eigenvalue weighted by Crippen LogP contribution is 2.24. The van der Waals surface area contributed by atoms with Gasteiger partial charge in [0, 0.05) is 25.0 Å². The molecule has 2 fully saturated rings. The van der Waals surface area contributed by atoms with Crippen molar-refractivity contribution in [1.82, 2.24) is 15.1 Å². The third-order valence-corrected chi connectivity index (χ3v) is 4.64. The molecule has 0 bridgehead atoms. The lowest BCUT2D eigenvalue weighted by Gasteiger charge is -2.37. The predicted octanol–water partition coefficient (Wildman–Crippen LogP) is 0.885. The molecule has 114 valence electrons. The quantitative estimate of drug-likeness (QED) is 0.606. The van der Waals surface area contributed by atoms with E-state index in [1.807, 2.05) is 4.90 Å². The van der Waals surface area contributed by atoms with Gasteiger partial charge in [0.05, 0.1) is 6.54 Å². The van der Waals surface area contributed by atoms with Gasteiger partial charge < -0.3 is 10.2 Å². The van der Waals surface area contributed by atoms with E-state index in [1.165, 1.54) is 4.90 Å². The number of imide groups is 1. The summed E-state index contributed by atoms with van der Waals surface area (Å²) >= 11 is 0. The molecule has 0 saturated carbocycles. The fourth-order valence-electron chi connectivity index (χ4n) is 3.42. The Morgan fingerprint density at radius 2 is 1.90 bits per heavy atom. The monoisotopic (exact) mass is 291 g/mol. The zero-order valence-electron chi connectivity index (χ0n) is 12.1. The van der Waals surface area contributed by atoms with Crippen LogP contribution >= 0.6 is 0 Å². The number of piperidine rings is 1. The zero-order valence-corrected chi connectivity index (χ0v) is 12.1. The Morgan fingerprint density at radius 3 is 2.48 bits per heavy atom. The molecule has 21 heavy (non-hydrogen) atoms. The maximum atomic E-state index is 12.4. The van der Waals surface area contributed by atoms with Gasteiger partial charge in [0.25, 0.3) is 0 Å². The van der Waals surface area contributed by atoms with E-state index in [4.69, 9.17) is 0 Å². The van der Waals surface area contributed by atoms with E-state index in [0.717, 1.165) is 19.3 Å². The molecule has 0 aromatic heterocycles. The number of urea groups is 1. The largest absolute Gasteiger partial charge is 0.342 e. The zero-order chi connectivity index (χ0) is 14.8. The summed E-state index contributed by atoms with van der Waals surface area (Å²) in [6.07, 6.45) is 8.35. The average Bonchev–Trinajstić information content (AvgIpc) is 2.87. The first-order valence-electron chi connectivity index (χ1n) is 7.70. The van der Waals surface area contributed by atoms with Crippen molar-refractivity contribution in [3.05, 3.63) is 12.2 Å². The van der Waals surface area contributed by atoms with Gasteiger partial charge in [0.15, 0.2) is 0 Å². The van der Waals surface area contributed by atoms with Crippen molar-refractivity contribution in [3.8, 4) is 0 Å². The Balaban J connectivity index is 1.55. The second-order valence-corrected chi connectivity index (χ2v) is 5.96. The van der Waals surface area contributed by atoms with Crippen LogP contribution in [0.1, 0.15) is 32.1 Å². The maximum Gasteiger partial charge on any atom is 0.324 e. The molecule has 6 nitrogen and oxygen atoms in total. The Kier molecular flexibility index (Phi) is 3.94. The summed E-state index contributed by atoms with van der Waals surface area (Å²) < 4.78 is 0. The van der Waals surface area contributed by atoms with Crippen LogP contribution in [0.2, 0.25) is 0 Å². The molecule has 1 N–H and O–H groups in total. The lowest BCUT2D eigenvalue weighted by molar-refractivity contribution is -0.137. The average molecular weight is 291 g/mol. The highest BCUT2D eigenvalue weighted by molar-refractivity contribution is 6.02. The van der Waals surface area contributed by atoms with E-state index < -0.39 is 0 Å². The van der Waals surface area contributed by atoms with Crippen LogP contribution in [0.4, 0.5) is 4.79 Å². The summed E-state index contributed by atoms with van der Waals surface area (Å²) in [5.41, 5.74) is 0.